The van der Waals surface area contributed by atoms with E-state index in [1.807, 2.05) is 30.3 Å². The molecule has 0 aliphatic heterocycles. The van der Waals surface area contributed by atoms with Crippen LogP contribution in [0, 0.1) is 11.3 Å². The van der Waals surface area contributed by atoms with Gasteiger partial charge in [-0.15, -0.1) is 11.8 Å². The van der Waals surface area contributed by atoms with Crippen molar-refractivity contribution in [1.29, 1.82) is 5.26 Å². The van der Waals surface area contributed by atoms with Gasteiger partial charge in [-0.2, -0.15) is 5.26 Å². The van der Waals surface area contributed by atoms with Crippen molar-refractivity contribution in [2.75, 3.05) is 17.6 Å². The van der Waals surface area contributed by atoms with Gasteiger partial charge in [0.15, 0.2) is 0 Å². The minimum absolute atomic E-state index is 0.745. The topological polar surface area (TPSA) is 48.7 Å². The van der Waals surface area contributed by atoms with Crippen molar-refractivity contribution in [3.8, 4) is 6.07 Å². The number of benzene rings is 1. The first-order valence-corrected chi connectivity index (χ1v) is 7.62. The van der Waals surface area contributed by atoms with E-state index >= 15 is 0 Å². The van der Waals surface area contributed by atoms with E-state index in [0.717, 1.165) is 34.9 Å². The van der Waals surface area contributed by atoms with Crippen LogP contribution in [0.1, 0.15) is 18.1 Å². The van der Waals surface area contributed by atoms with Crippen LogP contribution in [-0.4, -0.2) is 17.3 Å². The Morgan fingerprint density at radius 1 is 1.25 bits per heavy atom. The Morgan fingerprint density at radius 2 is 2.05 bits per heavy atom. The molecule has 0 aliphatic rings. The normalized spacial score (nSPS) is 10.0. The van der Waals surface area contributed by atoms with E-state index in [2.05, 4.69) is 23.3 Å². The van der Waals surface area contributed by atoms with Crippen LogP contribution >= 0.6 is 11.8 Å². The molecule has 3 nitrogen and oxygen atoms in total. The van der Waals surface area contributed by atoms with Gasteiger partial charge in [0.25, 0.3) is 0 Å². The Kier molecular flexibility index (Phi) is 5.45. The third-order valence-electron chi connectivity index (χ3n) is 2.92. The Morgan fingerprint density at radius 3 is 2.75 bits per heavy atom. The maximum absolute atomic E-state index is 9.33. The molecule has 0 spiro atoms. The summed E-state index contributed by atoms with van der Waals surface area (Å²) in [6.45, 7) is 2.90. The Hall–Kier alpha value is -1.99. The Bertz CT molecular complexity index is 590. The maximum atomic E-state index is 9.33. The smallest absolute Gasteiger partial charge is 0.102 e. The highest BCUT2D eigenvalue weighted by molar-refractivity contribution is 7.99. The summed E-state index contributed by atoms with van der Waals surface area (Å²) in [4.78, 5) is 5.05. The molecule has 1 aromatic heterocycles. The summed E-state index contributed by atoms with van der Waals surface area (Å²) in [6, 6.07) is 12.3. The molecule has 20 heavy (non-hydrogen) atoms. The first-order valence-electron chi connectivity index (χ1n) is 6.64. The Labute approximate surface area is 124 Å². The van der Waals surface area contributed by atoms with Gasteiger partial charge in [0.2, 0.25) is 0 Å². The number of thioether (sulfide) groups is 1. The molecule has 102 valence electrons. The van der Waals surface area contributed by atoms with Gasteiger partial charge in [-0.3, -0.25) is 4.98 Å². The van der Waals surface area contributed by atoms with Crippen LogP contribution in [0.25, 0.3) is 0 Å². The van der Waals surface area contributed by atoms with Crippen molar-refractivity contribution < 1.29 is 0 Å². The van der Waals surface area contributed by atoms with E-state index in [1.165, 1.54) is 5.56 Å². The fourth-order valence-electron chi connectivity index (χ4n) is 1.96. The van der Waals surface area contributed by atoms with Crippen molar-refractivity contribution in [2.45, 2.75) is 18.2 Å². The molecule has 0 bridgehead atoms. The second-order valence-corrected chi connectivity index (χ2v) is 5.56. The molecule has 1 N–H and O–H groups in total. The van der Waals surface area contributed by atoms with Crippen LogP contribution in [0.5, 0.6) is 0 Å². The average molecular weight is 283 g/mol. The fraction of sp³-hybridized carbons (Fsp3) is 0.250. The number of hydrogen-bond acceptors (Lipinski definition) is 4. The van der Waals surface area contributed by atoms with E-state index in [9.17, 15) is 5.26 Å². The molecule has 0 saturated heterocycles. The lowest BCUT2D eigenvalue weighted by Crippen LogP contribution is -2.06. The van der Waals surface area contributed by atoms with Crippen molar-refractivity contribution in [2.24, 2.45) is 0 Å². The van der Waals surface area contributed by atoms with Crippen LogP contribution in [-0.2, 0) is 6.42 Å². The number of nitriles is 1. The molecule has 0 amide bonds. The lowest BCUT2D eigenvalue weighted by molar-refractivity contribution is 1.01. The van der Waals surface area contributed by atoms with Gasteiger partial charge in [-0.05, 0) is 42.0 Å². The number of aromatic nitrogens is 1. The van der Waals surface area contributed by atoms with Gasteiger partial charge in [-0.1, -0.05) is 13.0 Å². The fourth-order valence-corrected chi connectivity index (χ4v) is 2.75. The highest BCUT2D eigenvalue weighted by Gasteiger charge is 2.07. The number of anilines is 1. The van der Waals surface area contributed by atoms with Crippen LogP contribution in [0.4, 0.5) is 5.69 Å². The predicted molar refractivity (Wildman–Crippen MR) is 84.0 cm³/mol. The molecule has 1 heterocycles. The number of nitrogens with zero attached hydrogens (tertiary/aromatic N) is 2. The highest BCUT2D eigenvalue weighted by Crippen LogP contribution is 2.27. The van der Waals surface area contributed by atoms with Gasteiger partial charge in [-0.25, -0.2) is 0 Å². The number of nitrogens with one attached hydrogen (secondary N) is 1. The lowest BCUT2D eigenvalue weighted by atomic mass is 10.1. The van der Waals surface area contributed by atoms with E-state index in [4.69, 9.17) is 0 Å². The first-order chi connectivity index (χ1) is 9.85. The number of pyridine rings is 1. The lowest BCUT2D eigenvalue weighted by Gasteiger charge is -2.11. The van der Waals surface area contributed by atoms with Gasteiger partial charge in [0.05, 0.1) is 11.3 Å². The maximum Gasteiger partial charge on any atom is 0.102 e. The average Bonchev–Trinajstić information content (AvgIpc) is 2.49. The van der Waals surface area contributed by atoms with E-state index in [-0.39, 0.29) is 0 Å². The minimum Gasteiger partial charge on any atom is -0.384 e. The SMILES string of the molecule is CCSc1cccc(NCCc2ccncc2)c1C#N. The summed E-state index contributed by atoms with van der Waals surface area (Å²) >= 11 is 1.70. The molecular formula is C16H17N3S. The van der Waals surface area contributed by atoms with E-state index < -0.39 is 0 Å². The number of hydrogen-bond donors (Lipinski definition) is 1. The largest absolute Gasteiger partial charge is 0.384 e. The van der Waals surface area contributed by atoms with Crippen LogP contribution < -0.4 is 5.32 Å². The molecule has 2 aromatic rings. The molecule has 1 aromatic carbocycles. The van der Waals surface area contributed by atoms with Gasteiger partial charge >= 0.3 is 0 Å². The van der Waals surface area contributed by atoms with Gasteiger partial charge < -0.3 is 5.32 Å². The van der Waals surface area contributed by atoms with Crippen molar-refractivity contribution in [3.63, 3.8) is 0 Å². The third-order valence-corrected chi connectivity index (χ3v) is 3.86. The van der Waals surface area contributed by atoms with Crippen molar-refractivity contribution in [3.05, 3.63) is 53.9 Å². The highest BCUT2D eigenvalue weighted by atomic mass is 32.2. The quantitative estimate of drug-likeness (QED) is 0.821. The standard InChI is InChI=1S/C16H17N3S/c1-2-20-16-5-3-4-15(14(16)12-17)19-11-8-13-6-9-18-10-7-13/h3-7,9-10,19H,2,8,11H2,1H3. The molecule has 0 radical (unpaired) electrons. The summed E-state index contributed by atoms with van der Waals surface area (Å²) in [5.74, 6) is 0.967. The molecular weight excluding hydrogens is 266 g/mol. The molecule has 0 fully saturated rings. The van der Waals surface area contributed by atoms with E-state index in [0.29, 0.717) is 0 Å². The molecule has 0 unspecified atom stereocenters. The first kappa shape index (κ1) is 14.4. The summed E-state index contributed by atoms with van der Waals surface area (Å²) in [6.07, 6.45) is 4.52. The summed E-state index contributed by atoms with van der Waals surface area (Å²) in [5, 5.41) is 12.7. The molecule has 2 rings (SSSR count). The summed E-state index contributed by atoms with van der Waals surface area (Å²) < 4.78 is 0. The Balaban J connectivity index is 2.02. The third kappa shape index (κ3) is 3.75. The van der Waals surface area contributed by atoms with Crippen LogP contribution in [0.2, 0.25) is 0 Å². The predicted octanol–water partition coefficient (Wildman–Crippen LogP) is 3.72. The van der Waals surface area contributed by atoms with Gasteiger partial charge in [0, 0.05) is 23.8 Å². The zero-order valence-corrected chi connectivity index (χ0v) is 12.3. The second kappa shape index (κ2) is 7.56. The molecule has 4 heteroatoms. The second-order valence-electron chi connectivity index (χ2n) is 4.26. The molecule has 0 atom stereocenters. The zero-order chi connectivity index (χ0) is 14.2. The summed E-state index contributed by atoms with van der Waals surface area (Å²) in [5.41, 5.74) is 2.90. The van der Waals surface area contributed by atoms with Crippen molar-refractivity contribution >= 4 is 17.4 Å². The molecule has 0 saturated carbocycles. The van der Waals surface area contributed by atoms with Gasteiger partial charge in [0.1, 0.15) is 6.07 Å². The number of rotatable bonds is 6. The monoisotopic (exact) mass is 283 g/mol. The summed E-state index contributed by atoms with van der Waals surface area (Å²) in [7, 11) is 0. The zero-order valence-electron chi connectivity index (χ0n) is 11.5. The van der Waals surface area contributed by atoms with Crippen molar-refractivity contribution in [1.82, 2.24) is 4.98 Å². The van der Waals surface area contributed by atoms with E-state index in [1.54, 1.807) is 24.2 Å². The van der Waals surface area contributed by atoms with Crippen LogP contribution in [0.15, 0.2) is 47.6 Å². The minimum atomic E-state index is 0.745. The van der Waals surface area contributed by atoms with Crippen LogP contribution in [0.3, 0.4) is 0 Å². The molecule has 0 aliphatic carbocycles.